The highest BCUT2D eigenvalue weighted by molar-refractivity contribution is 6.07. The standard InChI is InChI=1S/C68H81N15O25/c1-4-9-46-56(108-46)68(107)80-45(28-84)64(103)83-53-30(3)73-59(98)40(20-32-25-70-37-12-7-5-10-35(32)37)78-65(104)52(29(2)18-48(87)88)82-67(106)54(55(95)57(69)96)81-47(86)27-72-58(97)42(22-49(89)90)75-60(99)39(19-31-14-16-34(85)17-15-31)74-62(101)43(23-50(91)92)77-63(102)44(24-51(93)94)76-61(100)41(79-66(53)105)21-33-26-71-38-13-8-6-11-36(33)38/h5-8,10-17,20,25-26,29-30,39,41-46,52-56,70-71,84-85,95H,4,9,18-19,21-24,27-28H2,1-3H3,(H2,69,96)(H,72,97)(H,73,98)(H,74,101)(H,75,99)(H,76,100)(H,77,102)(H,78,104)(H,79,105)(H,80,107)(H,81,86)(H,82,106)(H,83,103)(H,87,88)(H,89,90)(H,91,92)(H,93,94)/b40-20-/t29?,30?,39-,41?,42+,43?,44+,45+,46?,52?,53?,54-,55+,56?/m1/s1. The molecule has 7 rings (SSSR count). The number of nitrogens with one attached hydrogen (secondary N) is 14. The van der Waals surface area contributed by atoms with Crippen molar-refractivity contribution in [3.8, 4) is 5.75 Å². The molecule has 0 aliphatic carbocycles. The summed E-state index contributed by atoms with van der Waals surface area (Å²) in [6, 6.07) is -4.03. The van der Waals surface area contributed by atoms with Crippen LogP contribution in [0.2, 0.25) is 0 Å². The van der Waals surface area contributed by atoms with Gasteiger partial charge in [0.25, 0.3) is 11.8 Å². The van der Waals surface area contributed by atoms with E-state index in [2.05, 4.69) is 57.8 Å². The van der Waals surface area contributed by atoms with Gasteiger partial charge in [-0.25, -0.2) is 0 Å². The molecule has 2 saturated heterocycles. The molecule has 40 heteroatoms. The lowest BCUT2D eigenvalue weighted by Gasteiger charge is -2.30. The Hall–Kier alpha value is -12.9. The third-order valence-electron chi connectivity index (χ3n) is 17.1. The van der Waals surface area contributed by atoms with Gasteiger partial charge in [-0.2, -0.15) is 0 Å². The molecule has 0 radical (unpaired) electrons. The van der Waals surface area contributed by atoms with E-state index in [1.165, 1.54) is 24.5 Å². The van der Waals surface area contributed by atoms with Gasteiger partial charge in [0.1, 0.15) is 65.8 Å². The van der Waals surface area contributed by atoms with E-state index < -0.39 is 243 Å². The summed E-state index contributed by atoms with van der Waals surface area (Å²) in [5, 5.41) is 99.1. The number of aliphatic carboxylic acids is 4. The van der Waals surface area contributed by atoms with Crippen molar-refractivity contribution in [1.82, 2.24) is 73.8 Å². The summed E-state index contributed by atoms with van der Waals surface area (Å²) in [4.78, 5) is 242. The zero-order chi connectivity index (χ0) is 79.4. The molecule has 23 N–H and O–H groups in total. The lowest BCUT2D eigenvalue weighted by molar-refractivity contribution is -0.144. The van der Waals surface area contributed by atoms with Gasteiger partial charge in [0.15, 0.2) is 12.2 Å². The number of benzene rings is 3. The van der Waals surface area contributed by atoms with Gasteiger partial charge in [0, 0.05) is 52.6 Å². The predicted octanol–water partition coefficient (Wildman–Crippen LogP) is -5.76. The molecule has 5 aromatic rings. The van der Waals surface area contributed by atoms with Gasteiger partial charge >= 0.3 is 23.9 Å². The fourth-order valence-electron chi connectivity index (χ4n) is 11.5. The molecular weight excluding hydrogens is 1430 g/mol. The van der Waals surface area contributed by atoms with E-state index in [0.717, 1.165) is 32.1 Å². The average molecular weight is 1510 g/mol. The number of aromatic amines is 2. The number of amides is 13. The molecule has 108 heavy (non-hydrogen) atoms. The number of fused-ring (bicyclic) bond motifs is 2. The van der Waals surface area contributed by atoms with E-state index >= 15 is 14.4 Å². The quantitative estimate of drug-likeness (QED) is 0.0214. The number of primary amides is 1. The van der Waals surface area contributed by atoms with E-state index in [1.807, 2.05) is 22.9 Å². The topological polar surface area (TPSA) is 646 Å². The summed E-state index contributed by atoms with van der Waals surface area (Å²) >= 11 is 0. The molecule has 13 amide bonds. The minimum atomic E-state index is -2.72. The Kier molecular flexibility index (Phi) is 28.8. The van der Waals surface area contributed by atoms with Gasteiger partial charge in [0.05, 0.1) is 51.0 Å². The highest BCUT2D eigenvalue weighted by Crippen LogP contribution is 2.27. The average Bonchev–Trinajstić information content (AvgIpc) is 1.62. The molecule has 2 fully saturated rings. The fourth-order valence-corrected chi connectivity index (χ4v) is 11.5. The number of nitrogens with two attached hydrogens (primary N) is 1. The van der Waals surface area contributed by atoms with E-state index in [1.54, 1.807) is 48.5 Å². The molecule has 2 aliphatic rings. The van der Waals surface area contributed by atoms with Gasteiger partial charge in [-0.3, -0.25) is 81.5 Å². The number of carbonyl (C=O) groups is 17. The van der Waals surface area contributed by atoms with Crippen LogP contribution >= 0.6 is 0 Å². The van der Waals surface area contributed by atoms with Crippen molar-refractivity contribution in [3.05, 3.63) is 108 Å². The van der Waals surface area contributed by atoms with Gasteiger partial charge in [-0.05, 0) is 60.7 Å². The number of aromatic hydroxyl groups is 1. The highest BCUT2D eigenvalue weighted by atomic mass is 16.6. The van der Waals surface area contributed by atoms with Crippen molar-refractivity contribution in [2.24, 2.45) is 11.7 Å². The van der Waals surface area contributed by atoms with Crippen LogP contribution < -0.4 is 69.5 Å². The van der Waals surface area contributed by atoms with Crippen molar-refractivity contribution in [2.75, 3.05) is 13.2 Å². The number of hydrogen-bond donors (Lipinski definition) is 22. The zero-order valence-corrected chi connectivity index (χ0v) is 57.9. The molecule has 40 nitrogen and oxygen atoms in total. The molecule has 2 aromatic heterocycles. The molecule has 14 atom stereocenters. The van der Waals surface area contributed by atoms with Crippen LogP contribution in [-0.4, -0.2) is 238 Å². The van der Waals surface area contributed by atoms with Crippen molar-refractivity contribution in [3.63, 3.8) is 0 Å². The Balaban J connectivity index is 1.38. The second kappa shape index (κ2) is 37.7. The first kappa shape index (κ1) is 82.4. The normalized spacial score (nSPS) is 24.0. The van der Waals surface area contributed by atoms with E-state index in [9.17, 15) is 103 Å². The predicted molar refractivity (Wildman–Crippen MR) is 370 cm³/mol. The van der Waals surface area contributed by atoms with E-state index in [4.69, 9.17) is 10.5 Å². The van der Waals surface area contributed by atoms with Crippen LogP contribution in [0.15, 0.2) is 90.9 Å². The van der Waals surface area contributed by atoms with Crippen LogP contribution in [0.25, 0.3) is 27.9 Å². The minimum Gasteiger partial charge on any atom is -0.508 e. The molecule has 578 valence electrons. The molecule has 3 aromatic carbocycles. The first-order chi connectivity index (χ1) is 51.1. The van der Waals surface area contributed by atoms with Crippen LogP contribution in [0.4, 0.5) is 0 Å². The lowest BCUT2D eigenvalue weighted by atomic mass is 9.96. The zero-order valence-electron chi connectivity index (χ0n) is 57.9. The Morgan fingerprint density at radius 2 is 1.14 bits per heavy atom. The van der Waals surface area contributed by atoms with Crippen LogP contribution in [-0.2, 0) is 99.1 Å². The third-order valence-corrected chi connectivity index (χ3v) is 17.1. The summed E-state index contributed by atoms with van der Waals surface area (Å²) in [7, 11) is 0. The number of phenolic OH excluding ortho intramolecular Hbond substituents is 1. The number of H-pyrrole nitrogens is 2. The van der Waals surface area contributed by atoms with Crippen molar-refractivity contribution in [2.45, 2.75) is 151 Å². The number of para-hydroxylation sites is 2. The maximum absolute atomic E-state index is 15.4. The first-order valence-electron chi connectivity index (χ1n) is 33.5. The number of phenols is 1. The summed E-state index contributed by atoms with van der Waals surface area (Å²) in [5.41, 5.74) is 5.96. The SMILES string of the molecule is CCCC1OC1C(=O)N[C@@H](CO)C(=O)NC1C(=O)NC(Cc2c[nH]c3ccccc23)C(=O)N[C@@H](CC(=O)O)C(=O)NC(CC(=O)O)C(=O)N[C@H](Cc2ccc(O)cc2)C(=O)N[C@@H](CC(=O)O)C(=O)NCC(=O)N[C@H]([C@H](O)C(N)=O)C(=O)NC(C(C)CC(=O)O)C(=O)N/C(=C\c2c[nH]c3ccccc23)C(=O)NC1C. The van der Waals surface area contributed by atoms with Gasteiger partial charge in [-0.1, -0.05) is 68.8 Å². The molecule has 0 bridgehead atoms. The second-order valence-corrected chi connectivity index (χ2v) is 25.4. The maximum Gasteiger partial charge on any atom is 0.305 e. The Morgan fingerprint density at radius 3 is 1.70 bits per heavy atom. The minimum absolute atomic E-state index is 0.105. The number of carboxylic acid groups (broad SMARTS) is 4. The summed E-state index contributed by atoms with van der Waals surface area (Å²) in [5.74, 6) is -27.7. The fraction of sp³-hybridized carbons (Fsp3) is 0.397. The summed E-state index contributed by atoms with van der Waals surface area (Å²) in [6.45, 7) is 1.56. The Bertz CT molecular complexity index is 4310. The highest BCUT2D eigenvalue weighted by Gasteiger charge is 2.46. The monoisotopic (exact) mass is 1510 g/mol. The molecule has 8 unspecified atom stereocenters. The lowest BCUT2D eigenvalue weighted by Crippen LogP contribution is -2.64. The third kappa shape index (κ3) is 23.1. The van der Waals surface area contributed by atoms with E-state index in [0.29, 0.717) is 34.6 Å². The number of epoxide rings is 1. The Morgan fingerprint density at radius 1 is 0.611 bits per heavy atom. The van der Waals surface area contributed by atoms with Crippen LogP contribution in [0.1, 0.15) is 76.0 Å². The van der Waals surface area contributed by atoms with Crippen LogP contribution in [0.5, 0.6) is 5.75 Å². The van der Waals surface area contributed by atoms with Gasteiger partial charge in [-0.15, -0.1) is 0 Å². The number of rotatable bonds is 23. The molecule has 2 aliphatic heterocycles. The van der Waals surface area contributed by atoms with Crippen molar-refractivity contribution >= 4 is 129 Å². The number of hydrogen-bond acceptors (Lipinski definition) is 21. The second-order valence-electron chi connectivity index (χ2n) is 25.4. The number of aromatic nitrogens is 2. The summed E-state index contributed by atoms with van der Waals surface area (Å²) < 4.78 is 5.43. The number of carbonyl (C=O) groups excluding carboxylic acids is 13. The van der Waals surface area contributed by atoms with E-state index in [-0.39, 0.29) is 22.4 Å². The number of aliphatic hydroxyl groups is 2. The number of aliphatic hydroxyl groups excluding tert-OH is 2. The van der Waals surface area contributed by atoms with Gasteiger partial charge in [0.2, 0.25) is 65.0 Å². The van der Waals surface area contributed by atoms with Crippen LogP contribution in [0, 0.1) is 5.92 Å². The largest absolute Gasteiger partial charge is 0.508 e. The van der Waals surface area contributed by atoms with Crippen molar-refractivity contribution in [1.29, 1.82) is 0 Å². The molecule has 0 spiro atoms. The Labute approximate surface area is 611 Å². The van der Waals surface area contributed by atoms with Crippen LogP contribution in [0.3, 0.4) is 0 Å². The first-order valence-corrected chi connectivity index (χ1v) is 33.5. The molecular formula is C68H81N15O25. The summed E-state index contributed by atoms with van der Waals surface area (Å²) in [6.07, 6.45) is -5.76. The van der Waals surface area contributed by atoms with Gasteiger partial charge < -0.3 is 120 Å². The number of carboxylic acids is 4. The molecule has 0 saturated carbocycles. The maximum atomic E-state index is 15.4. The van der Waals surface area contributed by atoms with Crippen molar-refractivity contribution < 1.29 is 122 Å². The molecule has 4 heterocycles. The smallest absolute Gasteiger partial charge is 0.305 e. The number of ether oxygens (including phenoxy) is 1.